The van der Waals surface area contributed by atoms with Crippen molar-refractivity contribution in [2.45, 2.75) is 58.3 Å². The highest BCUT2D eigenvalue weighted by Crippen LogP contribution is 2.25. The van der Waals surface area contributed by atoms with Gasteiger partial charge in [0.25, 0.3) is 0 Å². The van der Waals surface area contributed by atoms with Crippen molar-refractivity contribution in [2.75, 3.05) is 11.5 Å². The van der Waals surface area contributed by atoms with E-state index in [4.69, 9.17) is 0 Å². The van der Waals surface area contributed by atoms with Gasteiger partial charge < -0.3 is 0 Å². The molecule has 1 aliphatic heterocycles. The zero-order valence-corrected chi connectivity index (χ0v) is 10.8. The van der Waals surface area contributed by atoms with E-state index in [0.717, 1.165) is 25.0 Å². The summed E-state index contributed by atoms with van der Waals surface area (Å²) in [6, 6.07) is 0. The molecule has 1 unspecified atom stereocenters. The van der Waals surface area contributed by atoms with Crippen molar-refractivity contribution in [1.82, 2.24) is 0 Å². The molecule has 0 saturated carbocycles. The van der Waals surface area contributed by atoms with Crippen LogP contribution < -0.4 is 0 Å². The van der Waals surface area contributed by atoms with E-state index in [-0.39, 0.29) is 0 Å². The first-order valence-corrected chi connectivity index (χ1v) is 7.60. The maximum absolute atomic E-state index is 11.7. The number of hydrogen-bond donors (Lipinski definition) is 0. The predicted octanol–water partition coefficient (Wildman–Crippen LogP) is 4.06. The summed E-state index contributed by atoms with van der Waals surface area (Å²) in [6.07, 6.45) is 9.70. The van der Waals surface area contributed by atoms with Gasteiger partial charge in [-0.05, 0) is 18.6 Å². The van der Waals surface area contributed by atoms with E-state index in [9.17, 15) is 4.79 Å². The first kappa shape index (κ1) is 13.1. The number of carbonyl (C=O) groups is 1. The Balaban J connectivity index is 1.92. The van der Waals surface area contributed by atoms with E-state index >= 15 is 0 Å². The summed E-state index contributed by atoms with van der Waals surface area (Å²) in [6.45, 7) is 2.24. The zero-order valence-electron chi connectivity index (χ0n) is 9.96. The molecule has 0 radical (unpaired) electrons. The van der Waals surface area contributed by atoms with E-state index in [2.05, 4.69) is 6.92 Å². The maximum Gasteiger partial charge on any atom is 0.136 e. The summed E-state index contributed by atoms with van der Waals surface area (Å²) in [5.74, 6) is 3.24. The molecule has 0 aromatic rings. The Hall–Kier alpha value is 0.0200. The van der Waals surface area contributed by atoms with Crippen LogP contribution in [0.1, 0.15) is 58.3 Å². The topological polar surface area (TPSA) is 17.1 Å². The number of hydrogen-bond acceptors (Lipinski definition) is 2. The van der Waals surface area contributed by atoms with Gasteiger partial charge in [0.1, 0.15) is 5.78 Å². The maximum atomic E-state index is 11.7. The second-order valence-electron chi connectivity index (χ2n) is 4.54. The highest BCUT2D eigenvalue weighted by Gasteiger charge is 2.21. The van der Waals surface area contributed by atoms with Gasteiger partial charge in [-0.1, -0.05) is 39.0 Å². The van der Waals surface area contributed by atoms with E-state index in [1.54, 1.807) is 0 Å². The van der Waals surface area contributed by atoms with E-state index in [0.29, 0.717) is 11.7 Å². The Labute approximate surface area is 98.4 Å². The predicted molar refractivity (Wildman–Crippen MR) is 68.4 cm³/mol. The van der Waals surface area contributed by atoms with Crippen LogP contribution in [0.25, 0.3) is 0 Å². The fourth-order valence-corrected chi connectivity index (χ4v) is 3.33. The van der Waals surface area contributed by atoms with Crippen LogP contribution in [-0.2, 0) is 4.79 Å². The molecule has 0 amide bonds. The first-order chi connectivity index (χ1) is 7.34. The van der Waals surface area contributed by atoms with Gasteiger partial charge in [-0.25, -0.2) is 0 Å². The minimum absolute atomic E-state index is 0.408. The van der Waals surface area contributed by atoms with E-state index in [1.807, 2.05) is 11.8 Å². The summed E-state index contributed by atoms with van der Waals surface area (Å²) >= 11 is 1.94. The van der Waals surface area contributed by atoms with Crippen LogP contribution in [0, 0.1) is 5.92 Å². The average molecular weight is 228 g/mol. The quantitative estimate of drug-likeness (QED) is 0.583. The first-order valence-electron chi connectivity index (χ1n) is 6.45. The third-order valence-corrected chi connectivity index (χ3v) is 4.32. The smallest absolute Gasteiger partial charge is 0.136 e. The van der Waals surface area contributed by atoms with Crippen LogP contribution in [0.3, 0.4) is 0 Å². The molecule has 0 aliphatic carbocycles. The van der Waals surface area contributed by atoms with Crippen LogP contribution in [-0.4, -0.2) is 17.3 Å². The summed E-state index contributed by atoms with van der Waals surface area (Å²) < 4.78 is 0. The van der Waals surface area contributed by atoms with Crippen molar-refractivity contribution in [3.8, 4) is 0 Å². The molecule has 1 rings (SSSR count). The molecule has 0 N–H and O–H groups in total. The lowest BCUT2D eigenvalue weighted by molar-refractivity contribution is -0.122. The molecular weight excluding hydrogens is 204 g/mol. The Kier molecular flexibility index (Phi) is 7.16. The molecule has 1 aliphatic rings. The Morgan fingerprint density at radius 2 is 1.93 bits per heavy atom. The molecule has 2 heteroatoms. The Bertz CT molecular complexity index is 173. The van der Waals surface area contributed by atoms with Gasteiger partial charge in [0, 0.05) is 18.1 Å². The number of rotatable bonds is 8. The van der Waals surface area contributed by atoms with Crippen molar-refractivity contribution in [2.24, 2.45) is 5.92 Å². The van der Waals surface area contributed by atoms with Gasteiger partial charge >= 0.3 is 0 Å². The summed E-state index contributed by atoms with van der Waals surface area (Å²) in [5, 5.41) is 0. The molecule has 15 heavy (non-hydrogen) atoms. The summed E-state index contributed by atoms with van der Waals surface area (Å²) in [4.78, 5) is 11.7. The Morgan fingerprint density at radius 1 is 1.20 bits per heavy atom. The number of ketones is 1. The molecule has 0 aromatic heterocycles. The van der Waals surface area contributed by atoms with Crippen LogP contribution >= 0.6 is 11.8 Å². The highest BCUT2D eigenvalue weighted by molar-refractivity contribution is 7.99. The number of unbranched alkanes of at least 4 members (excludes halogenated alkanes) is 5. The fraction of sp³-hybridized carbons (Fsp3) is 0.923. The third kappa shape index (κ3) is 5.60. The average Bonchev–Trinajstić information content (AvgIpc) is 2.76. The molecule has 88 valence electrons. The fourth-order valence-electron chi connectivity index (χ4n) is 2.07. The normalized spacial score (nSPS) is 20.7. The SMILES string of the molecule is CCCCCCCCC(=O)C1CCSC1. The standard InChI is InChI=1S/C13H24OS/c1-2-3-4-5-6-7-8-13(14)12-9-10-15-11-12/h12H,2-11H2,1H3. The third-order valence-electron chi connectivity index (χ3n) is 3.16. The largest absolute Gasteiger partial charge is 0.299 e. The van der Waals surface area contributed by atoms with Gasteiger partial charge in [0.2, 0.25) is 0 Å². The van der Waals surface area contributed by atoms with Crippen LogP contribution in [0.4, 0.5) is 0 Å². The molecule has 1 fully saturated rings. The lowest BCUT2D eigenvalue weighted by Gasteiger charge is -2.06. The summed E-state index contributed by atoms with van der Waals surface area (Å²) in [7, 11) is 0. The minimum atomic E-state index is 0.408. The van der Waals surface area contributed by atoms with Gasteiger partial charge in [0.15, 0.2) is 0 Å². The molecule has 0 spiro atoms. The van der Waals surface area contributed by atoms with E-state index in [1.165, 1.54) is 37.9 Å². The number of carbonyl (C=O) groups excluding carboxylic acids is 1. The molecule has 1 atom stereocenters. The second kappa shape index (κ2) is 8.20. The van der Waals surface area contributed by atoms with Crippen LogP contribution in [0.15, 0.2) is 0 Å². The highest BCUT2D eigenvalue weighted by atomic mass is 32.2. The molecule has 0 aromatic carbocycles. The van der Waals surface area contributed by atoms with Crippen LogP contribution in [0.2, 0.25) is 0 Å². The van der Waals surface area contributed by atoms with Crippen molar-refractivity contribution >= 4 is 17.5 Å². The van der Waals surface area contributed by atoms with Crippen molar-refractivity contribution in [3.05, 3.63) is 0 Å². The molecule has 0 bridgehead atoms. The van der Waals surface area contributed by atoms with Crippen molar-refractivity contribution < 1.29 is 4.79 Å². The molecule has 1 saturated heterocycles. The van der Waals surface area contributed by atoms with Crippen LogP contribution in [0.5, 0.6) is 0 Å². The molecule has 1 nitrogen and oxygen atoms in total. The lowest BCUT2D eigenvalue weighted by atomic mass is 9.98. The van der Waals surface area contributed by atoms with E-state index < -0.39 is 0 Å². The zero-order chi connectivity index (χ0) is 10.9. The lowest BCUT2D eigenvalue weighted by Crippen LogP contribution is -2.13. The minimum Gasteiger partial charge on any atom is -0.299 e. The van der Waals surface area contributed by atoms with Gasteiger partial charge in [-0.3, -0.25) is 4.79 Å². The molecular formula is C13H24OS. The van der Waals surface area contributed by atoms with Crippen molar-refractivity contribution in [1.29, 1.82) is 0 Å². The van der Waals surface area contributed by atoms with Crippen molar-refractivity contribution in [3.63, 3.8) is 0 Å². The Morgan fingerprint density at radius 3 is 2.60 bits per heavy atom. The number of Topliss-reactive ketones (excluding diaryl/α,β-unsaturated/α-hetero) is 1. The second-order valence-corrected chi connectivity index (χ2v) is 5.69. The summed E-state index contributed by atoms with van der Waals surface area (Å²) in [5.41, 5.74) is 0. The van der Waals surface area contributed by atoms with Gasteiger partial charge in [-0.2, -0.15) is 11.8 Å². The molecule has 1 heterocycles. The monoisotopic (exact) mass is 228 g/mol. The van der Waals surface area contributed by atoms with Gasteiger partial charge in [0.05, 0.1) is 0 Å². The number of thioether (sulfide) groups is 1. The van der Waals surface area contributed by atoms with Gasteiger partial charge in [-0.15, -0.1) is 0 Å².